The van der Waals surface area contributed by atoms with Crippen molar-refractivity contribution in [3.63, 3.8) is 0 Å². The third-order valence-electron chi connectivity index (χ3n) is 4.07. The van der Waals surface area contributed by atoms with Gasteiger partial charge in [-0.1, -0.05) is 43.3 Å². The molecule has 1 heterocycles. The minimum atomic E-state index is 0.558. The molecule has 1 aromatic heterocycles. The number of nitrogen functional groups attached to an aromatic ring is 1. The van der Waals surface area contributed by atoms with Crippen molar-refractivity contribution in [2.75, 3.05) is 5.73 Å². The van der Waals surface area contributed by atoms with Crippen LogP contribution in [0.4, 0.5) is 5.69 Å². The van der Waals surface area contributed by atoms with Crippen LogP contribution in [0.1, 0.15) is 23.3 Å². The minimum Gasteiger partial charge on any atom is -0.399 e. The van der Waals surface area contributed by atoms with Gasteiger partial charge in [-0.05, 0) is 30.0 Å². The van der Waals surface area contributed by atoms with Crippen LogP contribution < -0.4 is 5.73 Å². The number of anilines is 1. The first-order chi connectivity index (χ1) is 10.2. The third kappa shape index (κ3) is 2.05. The van der Waals surface area contributed by atoms with Gasteiger partial charge in [0.15, 0.2) is 0 Å². The molecule has 2 nitrogen and oxygen atoms in total. The van der Waals surface area contributed by atoms with Crippen molar-refractivity contribution in [1.82, 2.24) is 4.98 Å². The number of benzene rings is 2. The van der Waals surface area contributed by atoms with Crippen molar-refractivity contribution in [3.05, 3.63) is 59.0 Å². The zero-order chi connectivity index (χ0) is 14.4. The molecule has 0 bridgehead atoms. The largest absolute Gasteiger partial charge is 0.399 e. The fraction of sp³-hybridized carbons (Fsp3) is 0.167. The van der Waals surface area contributed by atoms with Gasteiger partial charge in [0.25, 0.3) is 0 Å². The summed E-state index contributed by atoms with van der Waals surface area (Å²) in [7, 11) is 0. The Kier molecular flexibility index (Phi) is 2.82. The normalized spacial score (nSPS) is 16.3. The molecule has 0 amide bonds. The van der Waals surface area contributed by atoms with E-state index in [4.69, 9.17) is 10.7 Å². The predicted molar refractivity (Wildman–Crippen MR) is 89.5 cm³/mol. The van der Waals surface area contributed by atoms with E-state index < -0.39 is 0 Å². The minimum absolute atomic E-state index is 0.558. The lowest BCUT2D eigenvalue weighted by atomic mass is 9.86. The molecule has 2 aromatic carbocycles. The molecule has 21 heavy (non-hydrogen) atoms. The van der Waals surface area contributed by atoms with E-state index in [0.29, 0.717) is 5.92 Å². The fourth-order valence-corrected chi connectivity index (χ4v) is 4.23. The predicted octanol–water partition coefficient (Wildman–Crippen LogP) is 4.72. The van der Waals surface area contributed by atoms with Crippen LogP contribution in [-0.2, 0) is 6.42 Å². The van der Waals surface area contributed by atoms with Crippen molar-refractivity contribution in [2.24, 2.45) is 0 Å². The molecule has 1 aliphatic rings. The molecule has 2 N–H and O–H groups in total. The van der Waals surface area contributed by atoms with Gasteiger partial charge in [-0.3, -0.25) is 0 Å². The van der Waals surface area contributed by atoms with Crippen molar-refractivity contribution >= 4 is 17.0 Å². The Bertz CT molecular complexity index is 820. The van der Waals surface area contributed by atoms with Gasteiger partial charge in [-0.25, -0.2) is 4.98 Å². The van der Waals surface area contributed by atoms with Crippen molar-refractivity contribution in [2.45, 2.75) is 19.3 Å². The molecule has 0 aliphatic heterocycles. The summed E-state index contributed by atoms with van der Waals surface area (Å²) in [4.78, 5) is 6.29. The van der Waals surface area contributed by atoms with E-state index in [0.717, 1.165) is 28.4 Å². The van der Waals surface area contributed by atoms with Gasteiger partial charge in [0.2, 0.25) is 0 Å². The lowest BCUT2D eigenvalue weighted by Gasteiger charge is -2.21. The third-order valence-corrected chi connectivity index (χ3v) is 5.20. The van der Waals surface area contributed by atoms with E-state index in [1.54, 1.807) is 11.3 Å². The molecule has 104 valence electrons. The van der Waals surface area contributed by atoms with Gasteiger partial charge >= 0.3 is 0 Å². The number of nitrogens with two attached hydrogens (primary N) is 1. The molecule has 3 heteroatoms. The summed E-state index contributed by atoms with van der Waals surface area (Å²) in [6.07, 6.45) is 1.08. The molecule has 4 rings (SSSR count). The Morgan fingerprint density at radius 3 is 2.86 bits per heavy atom. The van der Waals surface area contributed by atoms with Crippen LogP contribution in [0, 0.1) is 0 Å². The maximum atomic E-state index is 5.89. The molecule has 1 unspecified atom stereocenters. The summed E-state index contributed by atoms with van der Waals surface area (Å²) < 4.78 is 0. The number of hydrogen-bond donors (Lipinski definition) is 1. The lowest BCUT2D eigenvalue weighted by Crippen LogP contribution is -2.06. The van der Waals surface area contributed by atoms with E-state index >= 15 is 0 Å². The quantitative estimate of drug-likeness (QED) is 0.659. The first-order valence-corrected chi connectivity index (χ1v) is 7.99. The Hall–Kier alpha value is -2.13. The summed E-state index contributed by atoms with van der Waals surface area (Å²) in [5, 5.41) is 1.07. The lowest BCUT2D eigenvalue weighted by molar-refractivity contribution is 0.757. The Morgan fingerprint density at radius 1 is 1.14 bits per heavy atom. The molecular formula is C18H16N2S. The fourth-order valence-electron chi connectivity index (χ4n) is 3.03. The highest BCUT2D eigenvalue weighted by Crippen LogP contribution is 2.43. The van der Waals surface area contributed by atoms with Crippen molar-refractivity contribution < 1.29 is 0 Å². The van der Waals surface area contributed by atoms with Crippen LogP contribution in [-0.4, -0.2) is 4.98 Å². The number of rotatable bonds is 1. The average Bonchev–Trinajstić information content (AvgIpc) is 2.92. The standard InChI is InChI=1S/C18H16N2S/c1-11-9-16-17(15-8-3-2-7-14(11)15)20-18(21-16)12-5-4-6-13(19)10-12/h2-8,10-11H,9,19H2,1H3. The number of hydrogen-bond acceptors (Lipinski definition) is 3. The van der Waals surface area contributed by atoms with Crippen molar-refractivity contribution in [1.29, 1.82) is 0 Å². The maximum Gasteiger partial charge on any atom is 0.124 e. The molecular weight excluding hydrogens is 276 g/mol. The van der Waals surface area contributed by atoms with Crippen LogP contribution in [0.2, 0.25) is 0 Å². The Balaban J connectivity index is 1.88. The zero-order valence-electron chi connectivity index (χ0n) is 11.8. The second-order valence-electron chi connectivity index (χ2n) is 5.61. The SMILES string of the molecule is CC1Cc2sc(-c3cccc(N)c3)nc2-c2ccccc21. The second kappa shape index (κ2) is 4.71. The molecule has 0 fully saturated rings. The van der Waals surface area contributed by atoms with Crippen LogP contribution in [0.5, 0.6) is 0 Å². The zero-order valence-corrected chi connectivity index (χ0v) is 12.7. The van der Waals surface area contributed by atoms with Gasteiger partial charge in [0.05, 0.1) is 5.69 Å². The summed E-state index contributed by atoms with van der Waals surface area (Å²) in [6, 6.07) is 16.6. The number of aromatic nitrogens is 1. The Morgan fingerprint density at radius 2 is 2.00 bits per heavy atom. The topological polar surface area (TPSA) is 38.9 Å². The molecule has 3 aromatic rings. The number of thiazole rings is 1. The van der Waals surface area contributed by atoms with E-state index in [9.17, 15) is 0 Å². The van der Waals surface area contributed by atoms with E-state index in [1.807, 2.05) is 18.2 Å². The highest BCUT2D eigenvalue weighted by Gasteiger charge is 2.25. The van der Waals surface area contributed by atoms with Crippen LogP contribution in [0.3, 0.4) is 0 Å². The number of nitrogens with zero attached hydrogens (tertiary/aromatic N) is 1. The molecule has 0 spiro atoms. The molecule has 0 saturated heterocycles. The summed E-state index contributed by atoms with van der Waals surface area (Å²) in [5.74, 6) is 0.558. The monoisotopic (exact) mass is 292 g/mol. The first-order valence-electron chi connectivity index (χ1n) is 7.17. The second-order valence-corrected chi connectivity index (χ2v) is 6.69. The molecule has 1 atom stereocenters. The smallest absolute Gasteiger partial charge is 0.124 e. The summed E-state index contributed by atoms with van der Waals surface area (Å²) >= 11 is 1.80. The first kappa shape index (κ1) is 12.6. The highest BCUT2D eigenvalue weighted by atomic mass is 32.1. The molecule has 1 aliphatic carbocycles. The number of fused-ring (bicyclic) bond motifs is 3. The van der Waals surface area contributed by atoms with E-state index in [2.05, 4.69) is 37.3 Å². The summed E-state index contributed by atoms with van der Waals surface area (Å²) in [5.41, 5.74) is 11.7. The maximum absolute atomic E-state index is 5.89. The molecule has 0 radical (unpaired) electrons. The van der Waals surface area contributed by atoms with Gasteiger partial charge < -0.3 is 5.73 Å². The van der Waals surface area contributed by atoms with E-state index in [-0.39, 0.29) is 0 Å². The van der Waals surface area contributed by atoms with E-state index in [1.165, 1.54) is 16.0 Å². The van der Waals surface area contributed by atoms with Gasteiger partial charge in [0, 0.05) is 21.7 Å². The van der Waals surface area contributed by atoms with Crippen LogP contribution in [0.15, 0.2) is 48.5 Å². The Labute approximate surface area is 128 Å². The van der Waals surface area contributed by atoms with Crippen molar-refractivity contribution in [3.8, 4) is 21.8 Å². The van der Waals surface area contributed by atoms with Crippen LogP contribution in [0.25, 0.3) is 21.8 Å². The van der Waals surface area contributed by atoms with Crippen LogP contribution >= 0.6 is 11.3 Å². The molecule has 0 saturated carbocycles. The summed E-state index contributed by atoms with van der Waals surface area (Å²) in [6.45, 7) is 2.29. The van der Waals surface area contributed by atoms with Gasteiger partial charge in [-0.2, -0.15) is 0 Å². The highest BCUT2D eigenvalue weighted by molar-refractivity contribution is 7.15. The average molecular weight is 292 g/mol. The van der Waals surface area contributed by atoms with Gasteiger partial charge in [0.1, 0.15) is 5.01 Å². The van der Waals surface area contributed by atoms with Gasteiger partial charge in [-0.15, -0.1) is 11.3 Å².